The third kappa shape index (κ3) is 1.81. The van der Waals surface area contributed by atoms with Crippen LogP contribution in [0.4, 0.5) is 13.2 Å². The lowest BCUT2D eigenvalue weighted by molar-refractivity contribution is 0.180. The van der Waals surface area contributed by atoms with Crippen LogP contribution in [-0.4, -0.2) is 11.7 Å². The number of aliphatic hydroxyl groups is 1. The molecule has 1 rings (SSSR count). The van der Waals surface area contributed by atoms with E-state index in [1.807, 2.05) is 0 Å². The molecule has 0 heterocycles. The van der Waals surface area contributed by atoms with Crippen molar-refractivity contribution >= 4 is 0 Å². The summed E-state index contributed by atoms with van der Waals surface area (Å²) in [6, 6.07) is 1.71. The standard InChI is InChI=1S/C8H8F3NO/c9-5-2-1-4(6(13)3-12)7(10)8(5)11/h1-2,6,13H,3,12H2/t6-/m0/s1. The zero-order valence-electron chi connectivity index (χ0n) is 6.60. The smallest absolute Gasteiger partial charge is 0.194 e. The normalized spacial score (nSPS) is 13.0. The lowest BCUT2D eigenvalue weighted by Gasteiger charge is -2.09. The van der Waals surface area contributed by atoms with Crippen molar-refractivity contribution in [2.24, 2.45) is 5.73 Å². The maximum absolute atomic E-state index is 12.9. The molecule has 0 spiro atoms. The molecule has 0 bridgehead atoms. The summed E-state index contributed by atoms with van der Waals surface area (Å²) in [5.41, 5.74) is 4.70. The molecule has 0 radical (unpaired) electrons. The highest BCUT2D eigenvalue weighted by Gasteiger charge is 2.17. The summed E-state index contributed by atoms with van der Waals surface area (Å²) in [6.07, 6.45) is -1.31. The molecule has 1 atom stereocenters. The summed E-state index contributed by atoms with van der Waals surface area (Å²) in [6.45, 7) is -0.248. The molecule has 0 saturated carbocycles. The summed E-state index contributed by atoms with van der Waals surface area (Å²) >= 11 is 0. The van der Waals surface area contributed by atoms with Crippen molar-refractivity contribution in [3.63, 3.8) is 0 Å². The number of hydrogen-bond acceptors (Lipinski definition) is 2. The second-order valence-electron chi connectivity index (χ2n) is 2.52. The zero-order valence-corrected chi connectivity index (χ0v) is 6.60. The topological polar surface area (TPSA) is 46.2 Å². The van der Waals surface area contributed by atoms with Crippen molar-refractivity contribution in [3.8, 4) is 0 Å². The Morgan fingerprint density at radius 1 is 1.23 bits per heavy atom. The van der Waals surface area contributed by atoms with Gasteiger partial charge in [0.15, 0.2) is 17.5 Å². The van der Waals surface area contributed by atoms with Crippen LogP contribution in [0.1, 0.15) is 11.7 Å². The van der Waals surface area contributed by atoms with Gasteiger partial charge in [-0.2, -0.15) is 0 Å². The molecule has 0 amide bonds. The Labute approximate surface area is 72.8 Å². The first kappa shape index (κ1) is 10.0. The number of aliphatic hydroxyl groups excluding tert-OH is 1. The van der Waals surface area contributed by atoms with E-state index in [2.05, 4.69) is 0 Å². The summed E-state index contributed by atoms with van der Waals surface area (Å²) in [5.74, 6) is -4.27. The maximum Gasteiger partial charge on any atom is 0.194 e. The highest BCUT2D eigenvalue weighted by Crippen LogP contribution is 2.20. The Balaban J connectivity index is 3.18. The molecule has 13 heavy (non-hydrogen) atoms. The Morgan fingerprint density at radius 3 is 2.38 bits per heavy atom. The van der Waals surface area contributed by atoms with Crippen molar-refractivity contribution in [1.29, 1.82) is 0 Å². The van der Waals surface area contributed by atoms with E-state index >= 15 is 0 Å². The molecule has 0 saturated heterocycles. The average molecular weight is 191 g/mol. The quantitative estimate of drug-likeness (QED) is 0.687. The number of hydrogen-bond donors (Lipinski definition) is 2. The first-order valence-electron chi connectivity index (χ1n) is 3.59. The first-order chi connectivity index (χ1) is 6.07. The van der Waals surface area contributed by atoms with Gasteiger partial charge in [-0.25, -0.2) is 13.2 Å². The number of nitrogens with two attached hydrogens (primary N) is 1. The minimum atomic E-state index is -1.59. The van der Waals surface area contributed by atoms with E-state index in [0.29, 0.717) is 0 Å². The van der Waals surface area contributed by atoms with Gasteiger partial charge < -0.3 is 10.8 Å². The Morgan fingerprint density at radius 2 is 1.85 bits per heavy atom. The number of rotatable bonds is 2. The van der Waals surface area contributed by atoms with Gasteiger partial charge in [0.1, 0.15) is 0 Å². The first-order valence-corrected chi connectivity index (χ1v) is 3.59. The van der Waals surface area contributed by atoms with Gasteiger partial charge in [0.25, 0.3) is 0 Å². The SMILES string of the molecule is NC[C@H](O)c1ccc(F)c(F)c1F. The van der Waals surface area contributed by atoms with Crippen LogP contribution in [0.25, 0.3) is 0 Å². The highest BCUT2D eigenvalue weighted by atomic mass is 19.2. The van der Waals surface area contributed by atoms with Crippen LogP contribution >= 0.6 is 0 Å². The van der Waals surface area contributed by atoms with Crippen molar-refractivity contribution in [3.05, 3.63) is 35.1 Å². The van der Waals surface area contributed by atoms with E-state index in [-0.39, 0.29) is 12.1 Å². The van der Waals surface area contributed by atoms with Crippen molar-refractivity contribution in [1.82, 2.24) is 0 Å². The van der Waals surface area contributed by atoms with Gasteiger partial charge in [-0.1, -0.05) is 6.07 Å². The molecule has 0 unspecified atom stereocenters. The van der Waals surface area contributed by atoms with E-state index in [1.54, 1.807) is 0 Å². The molecule has 0 aliphatic rings. The van der Waals surface area contributed by atoms with Crippen LogP contribution in [0.2, 0.25) is 0 Å². The third-order valence-corrected chi connectivity index (χ3v) is 1.65. The van der Waals surface area contributed by atoms with Crippen LogP contribution in [-0.2, 0) is 0 Å². The fourth-order valence-electron chi connectivity index (χ4n) is 0.925. The summed E-state index contributed by atoms with van der Waals surface area (Å²) in [7, 11) is 0. The highest BCUT2D eigenvalue weighted by molar-refractivity contribution is 5.22. The predicted molar refractivity (Wildman–Crippen MR) is 40.3 cm³/mol. The van der Waals surface area contributed by atoms with E-state index < -0.39 is 23.6 Å². The molecule has 1 aromatic rings. The molecule has 0 fully saturated rings. The zero-order chi connectivity index (χ0) is 10.0. The molecule has 5 heteroatoms. The van der Waals surface area contributed by atoms with Gasteiger partial charge in [-0.15, -0.1) is 0 Å². The van der Waals surface area contributed by atoms with Gasteiger partial charge >= 0.3 is 0 Å². The Kier molecular flexibility index (Phi) is 2.90. The second kappa shape index (κ2) is 3.76. The number of benzene rings is 1. The van der Waals surface area contributed by atoms with Gasteiger partial charge in [-0.3, -0.25) is 0 Å². The fraction of sp³-hybridized carbons (Fsp3) is 0.250. The lowest BCUT2D eigenvalue weighted by atomic mass is 10.1. The maximum atomic E-state index is 12.9. The van der Waals surface area contributed by atoms with Gasteiger partial charge in [0.2, 0.25) is 0 Å². The third-order valence-electron chi connectivity index (χ3n) is 1.65. The summed E-state index contributed by atoms with van der Waals surface area (Å²) in [4.78, 5) is 0. The minimum Gasteiger partial charge on any atom is -0.387 e. The number of halogens is 3. The lowest BCUT2D eigenvalue weighted by Crippen LogP contribution is -2.14. The molecule has 0 aliphatic carbocycles. The molecular formula is C8H8F3NO. The fourth-order valence-corrected chi connectivity index (χ4v) is 0.925. The van der Waals surface area contributed by atoms with E-state index in [9.17, 15) is 13.2 Å². The molecule has 2 nitrogen and oxygen atoms in total. The van der Waals surface area contributed by atoms with Crippen LogP contribution in [0.3, 0.4) is 0 Å². The average Bonchev–Trinajstić information content (AvgIpc) is 2.13. The van der Waals surface area contributed by atoms with Crippen molar-refractivity contribution in [2.75, 3.05) is 6.54 Å². The molecule has 1 aromatic carbocycles. The van der Waals surface area contributed by atoms with Crippen molar-refractivity contribution in [2.45, 2.75) is 6.10 Å². The summed E-state index contributed by atoms with van der Waals surface area (Å²) < 4.78 is 37.9. The molecule has 0 aromatic heterocycles. The minimum absolute atomic E-state index is 0.248. The summed E-state index contributed by atoms with van der Waals surface area (Å²) in [5, 5.41) is 9.07. The molecule has 0 aliphatic heterocycles. The molecule has 3 N–H and O–H groups in total. The van der Waals surface area contributed by atoms with Crippen LogP contribution < -0.4 is 5.73 Å². The Hall–Kier alpha value is -1.07. The molecule has 72 valence electrons. The monoisotopic (exact) mass is 191 g/mol. The van der Waals surface area contributed by atoms with E-state index in [1.165, 1.54) is 0 Å². The largest absolute Gasteiger partial charge is 0.387 e. The van der Waals surface area contributed by atoms with Gasteiger partial charge in [0.05, 0.1) is 6.10 Å². The molecular weight excluding hydrogens is 183 g/mol. The van der Waals surface area contributed by atoms with E-state index in [4.69, 9.17) is 10.8 Å². The predicted octanol–water partition coefficient (Wildman–Crippen LogP) is 1.10. The second-order valence-corrected chi connectivity index (χ2v) is 2.52. The van der Waals surface area contributed by atoms with E-state index in [0.717, 1.165) is 12.1 Å². The van der Waals surface area contributed by atoms with Gasteiger partial charge in [0, 0.05) is 12.1 Å². The van der Waals surface area contributed by atoms with Crippen LogP contribution in [0.5, 0.6) is 0 Å². The van der Waals surface area contributed by atoms with Crippen LogP contribution in [0, 0.1) is 17.5 Å². The van der Waals surface area contributed by atoms with Gasteiger partial charge in [-0.05, 0) is 6.07 Å². The Bertz CT molecular complexity index is 317. The van der Waals surface area contributed by atoms with Crippen molar-refractivity contribution < 1.29 is 18.3 Å². The van der Waals surface area contributed by atoms with Crippen LogP contribution in [0.15, 0.2) is 12.1 Å².